The highest BCUT2D eigenvalue weighted by atomic mass is 35.5. The van der Waals surface area contributed by atoms with Gasteiger partial charge in [-0.15, -0.1) is 0 Å². The largest absolute Gasteiger partial charge is 0.494 e. The molecule has 5 rings (SSSR count). The van der Waals surface area contributed by atoms with E-state index < -0.39 is 0 Å². The minimum absolute atomic E-state index is 0.264. The molecule has 0 spiro atoms. The van der Waals surface area contributed by atoms with Crippen molar-refractivity contribution >= 4 is 87.2 Å². The van der Waals surface area contributed by atoms with Crippen LogP contribution in [0.3, 0.4) is 0 Å². The van der Waals surface area contributed by atoms with Gasteiger partial charge in [-0.05, 0) is 67.2 Å². The maximum absolute atomic E-state index is 6.76. The molecule has 0 radical (unpaired) electrons. The number of hydrogen-bond acceptors (Lipinski definition) is 11. The van der Waals surface area contributed by atoms with Crippen molar-refractivity contribution in [2.24, 2.45) is 0 Å². The molecule has 0 aliphatic rings. The lowest BCUT2D eigenvalue weighted by molar-refractivity contribution is 0.416. The van der Waals surface area contributed by atoms with E-state index in [4.69, 9.17) is 55.9 Å². The number of aromatic nitrogens is 6. The molecule has 0 saturated carbocycles. The summed E-state index contributed by atoms with van der Waals surface area (Å²) < 4.78 is 36.9. The normalized spacial score (nSPS) is 11.1. The van der Waals surface area contributed by atoms with Gasteiger partial charge in [0.15, 0.2) is 10.3 Å². The molecular weight excluding hydrogens is 666 g/mol. The van der Waals surface area contributed by atoms with E-state index in [-0.39, 0.29) is 10.3 Å². The third kappa shape index (κ3) is 6.36. The number of nitrogens with zero attached hydrogens (tertiary/aromatic N) is 6. The minimum Gasteiger partial charge on any atom is -0.494 e. The Balaban J connectivity index is 1.66. The molecule has 8 nitrogen and oxygen atoms in total. The molecule has 0 amide bonds. The molecule has 2 aromatic carbocycles. The van der Waals surface area contributed by atoms with E-state index >= 15 is 0 Å². The van der Waals surface area contributed by atoms with E-state index in [2.05, 4.69) is 32.3 Å². The Hall–Kier alpha value is -2.38. The number of rotatable bonds is 10. The average molecular weight is 686 g/mol. The van der Waals surface area contributed by atoms with Crippen molar-refractivity contribution in [2.45, 2.75) is 26.2 Å². The summed E-state index contributed by atoms with van der Waals surface area (Å²) in [4.78, 5) is 0. The second kappa shape index (κ2) is 13.3. The maximum atomic E-state index is 6.76. The fourth-order valence-electron chi connectivity index (χ4n) is 4.34. The molecule has 3 heterocycles. The summed E-state index contributed by atoms with van der Waals surface area (Å²) in [5, 5.41) is 1.32. The molecule has 5 aromatic rings. The van der Waals surface area contributed by atoms with Crippen LogP contribution in [0.2, 0.25) is 20.4 Å². The smallest absolute Gasteiger partial charge is 0.171 e. The minimum atomic E-state index is 0.264. The molecule has 3 aromatic heterocycles. The highest BCUT2D eigenvalue weighted by molar-refractivity contribution is 7.00. The summed E-state index contributed by atoms with van der Waals surface area (Å²) in [6.45, 7) is 1.97. The molecule has 0 bridgehead atoms. The highest BCUT2D eigenvalue weighted by Gasteiger charge is 2.23. The van der Waals surface area contributed by atoms with Gasteiger partial charge in [0.2, 0.25) is 0 Å². The Morgan fingerprint density at radius 3 is 1.66 bits per heavy atom. The molecule has 0 fully saturated rings. The summed E-state index contributed by atoms with van der Waals surface area (Å²) >= 11 is 29.5. The van der Waals surface area contributed by atoms with E-state index in [9.17, 15) is 0 Å². The maximum Gasteiger partial charge on any atom is 0.171 e. The second-order valence-electron chi connectivity index (χ2n) is 8.69. The molecule has 0 N–H and O–H groups in total. The quantitative estimate of drug-likeness (QED) is 0.134. The first kappa shape index (κ1) is 30.1. The zero-order valence-corrected chi connectivity index (χ0v) is 27.2. The van der Waals surface area contributed by atoms with E-state index in [0.717, 1.165) is 70.8 Å². The molecule has 0 aliphatic heterocycles. The van der Waals surface area contributed by atoms with Crippen LogP contribution < -0.4 is 9.47 Å². The number of allylic oxidation sites excluding steroid dienone is 1. The first-order valence-corrected chi connectivity index (χ1v) is 15.7. The van der Waals surface area contributed by atoms with Crippen molar-refractivity contribution in [3.05, 3.63) is 73.2 Å². The predicted molar refractivity (Wildman–Crippen MR) is 168 cm³/mol. The van der Waals surface area contributed by atoms with Crippen molar-refractivity contribution in [3.8, 4) is 34.0 Å². The Labute approximate surface area is 268 Å². The van der Waals surface area contributed by atoms with Crippen LogP contribution in [-0.2, 0) is 6.42 Å². The van der Waals surface area contributed by atoms with Crippen molar-refractivity contribution < 1.29 is 9.47 Å². The summed E-state index contributed by atoms with van der Waals surface area (Å²) in [6.07, 6.45) is 4.53. The summed E-state index contributed by atoms with van der Waals surface area (Å²) in [5.41, 5.74) is 6.64. The number of halogens is 4. The number of benzene rings is 2. The van der Waals surface area contributed by atoms with Crippen molar-refractivity contribution in [1.29, 1.82) is 0 Å². The monoisotopic (exact) mass is 684 g/mol. The highest BCUT2D eigenvalue weighted by Crippen LogP contribution is 2.45. The molecule has 0 aliphatic carbocycles. The van der Waals surface area contributed by atoms with Crippen LogP contribution in [0.5, 0.6) is 11.5 Å². The number of aryl methyl sites for hydroxylation is 2. The van der Waals surface area contributed by atoms with Gasteiger partial charge in [0.05, 0.1) is 70.8 Å². The van der Waals surface area contributed by atoms with E-state index in [1.54, 1.807) is 14.2 Å². The van der Waals surface area contributed by atoms with E-state index in [1.165, 1.54) is 11.7 Å². The van der Waals surface area contributed by atoms with Crippen LogP contribution in [0, 0.1) is 6.92 Å². The van der Waals surface area contributed by atoms with E-state index in [0.29, 0.717) is 44.1 Å². The van der Waals surface area contributed by atoms with Gasteiger partial charge in [-0.1, -0.05) is 52.5 Å². The van der Waals surface area contributed by atoms with Gasteiger partial charge in [-0.25, -0.2) is 0 Å². The van der Waals surface area contributed by atoms with Crippen LogP contribution in [0.4, 0.5) is 0 Å². The number of unbranched alkanes of at least 4 members (excludes halogenated alkanes) is 1. The Kier molecular flexibility index (Phi) is 9.75. The van der Waals surface area contributed by atoms with Gasteiger partial charge in [0, 0.05) is 11.1 Å². The van der Waals surface area contributed by atoms with Gasteiger partial charge in [-0.2, -0.15) is 26.2 Å². The Morgan fingerprint density at radius 2 is 1.24 bits per heavy atom. The first-order valence-electron chi connectivity index (χ1n) is 12.0. The summed E-state index contributed by atoms with van der Waals surface area (Å²) in [7, 11) is 3.09. The van der Waals surface area contributed by atoms with Crippen LogP contribution in [0.25, 0.3) is 28.1 Å². The fraction of sp³-hybridized carbons (Fsp3) is 0.231. The van der Waals surface area contributed by atoms with Crippen LogP contribution in [-0.4, -0.2) is 40.5 Å². The lowest BCUT2D eigenvalue weighted by Gasteiger charge is -2.17. The third-order valence-electron chi connectivity index (χ3n) is 6.24. The van der Waals surface area contributed by atoms with Crippen LogP contribution >= 0.6 is 81.6 Å². The lowest BCUT2D eigenvalue weighted by atomic mass is 9.92. The number of hydrogen-bond donors (Lipinski definition) is 0. The first-order chi connectivity index (χ1) is 19.8. The zero-order valence-electron chi connectivity index (χ0n) is 21.7. The summed E-state index contributed by atoms with van der Waals surface area (Å²) in [5.74, 6) is 0.898. The molecular formula is C26H20Cl4N6O2S3. The Bertz CT molecular complexity index is 1640. The topological polar surface area (TPSA) is 95.8 Å². The predicted octanol–water partition coefficient (Wildman–Crippen LogP) is 8.97. The third-order valence-corrected chi connectivity index (χ3v) is 9.24. The number of ether oxygens (including phenoxy) is 2. The second-order valence-corrected chi connectivity index (χ2v) is 11.8. The van der Waals surface area contributed by atoms with Crippen LogP contribution in [0.1, 0.15) is 35.4 Å². The molecule has 0 atom stereocenters. The molecule has 212 valence electrons. The summed E-state index contributed by atoms with van der Waals surface area (Å²) in [6, 6.07) is 7.55. The Morgan fingerprint density at radius 1 is 0.732 bits per heavy atom. The van der Waals surface area contributed by atoms with Gasteiger partial charge in [0.25, 0.3) is 0 Å². The molecule has 0 unspecified atom stereocenters. The van der Waals surface area contributed by atoms with Gasteiger partial charge >= 0.3 is 0 Å². The van der Waals surface area contributed by atoms with Crippen molar-refractivity contribution in [2.75, 3.05) is 14.2 Å². The van der Waals surface area contributed by atoms with Gasteiger partial charge < -0.3 is 9.47 Å². The fourth-order valence-corrected chi connectivity index (χ4v) is 7.02. The van der Waals surface area contributed by atoms with Crippen molar-refractivity contribution in [1.82, 2.24) is 26.2 Å². The number of methoxy groups -OCH3 is 2. The average Bonchev–Trinajstić information content (AvgIpc) is 3.69. The van der Waals surface area contributed by atoms with Gasteiger partial charge in [-0.3, -0.25) is 0 Å². The zero-order chi connectivity index (χ0) is 29.1. The van der Waals surface area contributed by atoms with Crippen LogP contribution in [0.15, 0.2) is 30.3 Å². The molecule has 41 heavy (non-hydrogen) atoms. The lowest BCUT2D eigenvalue weighted by Crippen LogP contribution is -1.98. The SMILES string of the molecule is COc1c(Cl)cc(C(=CCCCc2nsnc2C)c2cc(Cl)c(OC)c(-c3nsnc3Cl)c2)cc1-c1nsnc1Cl. The van der Waals surface area contributed by atoms with E-state index in [1.807, 2.05) is 31.2 Å². The molecule has 15 heteroatoms. The van der Waals surface area contributed by atoms with Crippen molar-refractivity contribution in [3.63, 3.8) is 0 Å². The standard InChI is InChI=1S/C26H20Cl4N6O2S3/c1-12-20(32-39-31-12)7-5-4-6-15(13-8-16(21-25(29)35-40-33-21)23(37-2)18(27)10-13)14-9-17(22-26(30)36-41-34-22)24(38-3)19(28)11-14/h6,8-11H,4-5,7H2,1-3H3. The molecule has 0 saturated heterocycles. The van der Waals surface area contributed by atoms with Gasteiger partial charge in [0.1, 0.15) is 22.9 Å².